The zero-order valence-corrected chi connectivity index (χ0v) is 9.69. The Morgan fingerprint density at radius 2 is 2.12 bits per heavy atom. The van der Waals surface area contributed by atoms with E-state index in [1.165, 1.54) is 0 Å². The summed E-state index contributed by atoms with van der Waals surface area (Å²) in [5, 5.41) is 8.94. The van der Waals surface area contributed by atoms with Gasteiger partial charge in [-0.1, -0.05) is 0 Å². The summed E-state index contributed by atoms with van der Waals surface area (Å²) < 4.78 is 0. The van der Waals surface area contributed by atoms with E-state index in [2.05, 4.69) is 0 Å². The normalized spacial score (nSPS) is 24.8. The van der Waals surface area contributed by atoms with Gasteiger partial charge < -0.3 is 15.7 Å². The van der Waals surface area contributed by atoms with Crippen LogP contribution in [0.4, 0.5) is 0 Å². The highest BCUT2D eigenvalue weighted by Gasteiger charge is 2.37. The molecule has 2 unspecified atom stereocenters. The van der Waals surface area contributed by atoms with Gasteiger partial charge in [-0.15, -0.1) is 0 Å². The third-order valence-corrected chi connectivity index (χ3v) is 3.24. The van der Waals surface area contributed by atoms with Crippen molar-refractivity contribution >= 4 is 11.9 Å². The van der Waals surface area contributed by atoms with Crippen molar-refractivity contribution in [3.63, 3.8) is 0 Å². The summed E-state index contributed by atoms with van der Waals surface area (Å²) in [6, 6.07) is -0.178. The first-order valence-electron chi connectivity index (χ1n) is 5.80. The van der Waals surface area contributed by atoms with Crippen LogP contribution in [0.5, 0.6) is 0 Å². The van der Waals surface area contributed by atoms with Gasteiger partial charge in [0.2, 0.25) is 5.91 Å². The minimum Gasteiger partial charge on any atom is -0.481 e. The lowest BCUT2D eigenvalue weighted by Crippen LogP contribution is -2.37. The quantitative estimate of drug-likeness (QED) is 0.669. The van der Waals surface area contributed by atoms with Crippen LogP contribution in [-0.4, -0.2) is 41.0 Å². The van der Waals surface area contributed by atoms with Crippen molar-refractivity contribution in [2.45, 2.75) is 38.6 Å². The molecule has 0 saturated carbocycles. The van der Waals surface area contributed by atoms with Crippen LogP contribution in [0.2, 0.25) is 0 Å². The number of rotatable bonds is 5. The molecule has 0 bridgehead atoms. The lowest BCUT2D eigenvalue weighted by atomic mass is 10.0. The predicted molar refractivity (Wildman–Crippen MR) is 59.8 cm³/mol. The molecule has 1 fully saturated rings. The Labute approximate surface area is 95.6 Å². The molecule has 3 N–H and O–H groups in total. The molecule has 1 aliphatic heterocycles. The number of carboxylic acid groups (broad SMARTS) is 1. The lowest BCUT2D eigenvalue weighted by Gasteiger charge is -2.23. The highest BCUT2D eigenvalue weighted by Crippen LogP contribution is 2.25. The number of hydrogen-bond acceptors (Lipinski definition) is 3. The summed E-state index contributed by atoms with van der Waals surface area (Å²) in [7, 11) is 0. The van der Waals surface area contributed by atoms with Crippen molar-refractivity contribution in [2.24, 2.45) is 11.7 Å². The van der Waals surface area contributed by atoms with Crippen molar-refractivity contribution in [1.82, 2.24) is 4.90 Å². The molecule has 0 aliphatic carbocycles. The Balaban J connectivity index is 2.43. The first-order chi connectivity index (χ1) is 7.57. The number of aliphatic carboxylic acids is 1. The third-order valence-electron chi connectivity index (χ3n) is 3.24. The average molecular weight is 228 g/mol. The maximum atomic E-state index is 11.8. The number of hydrogen-bond donors (Lipinski definition) is 2. The van der Waals surface area contributed by atoms with E-state index in [4.69, 9.17) is 10.8 Å². The first kappa shape index (κ1) is 13.0. The summed E-state index contributed by atoms with van der Waals surface area (Å²) in [6.45, 7) is 2.98. The van der Waals surface area contributed by atoms with Crippen molar-refractivity contribution in [3.05, 3.63) is 0 Å². The zero-order valence-electron chi connectivity index (χ0n) is 9.69. The number of carbonyl (C=O) groups excluding carboxylic acids is 1. The molecular formula is C11H20N2O3. The molecule has 5 heteroatoms. The van der Waals surface area contributed by atoms with Gasteiger partial charge in [0.25, 0.3) is 0 Å². The van der Waals surface area contributed by atoms with Crippen molar-refractivity contribution in [1.29, 1.82) is 0 Å². The maximum absolute atomic E-state index is 11.8. The first-order valence-corrected chi connectivity index (χ1v) is 5.80. The Bertz CT molecular complexity index is 268. The van der Waals surface area contributed by atoms with Crippen LogP contribution >= 0.6 is 0 Å². The van der Waals surface area contributed by atoms with Gasteiger partial charge in [0.15, 0.2) is 0 Å². The minimum atomic E-state index is -0.801. The standard InChI is InChI=1S/C11H20N2O3/c1-8-9(11(15)16)5-7-13(8)10(14)4-2-3-6-12/h8-9H,2-7,12H2,1H3,(H,15,16). The van der Waals surface area contributed by atoms with Gasteiger partial charge >= 0.3 is 5.97 Å². The SMILES string of the molecule is CC1C(C(=O)O)CCN1C(=O)CCCCN. The van der Waals surface area contributed by atoms with Gasteiger partial charge in [0.05, 0.1) is 5.92 Å². The van der Waals surface area contributed by atoms with Gasteiger partial charge in [-0.3, -0.25) is 9.59 Å². The number of nitrogens with zero attached hydrogens (tertiary/aromatic N) is 1. The smallest absolute Gasteiger partial charge is 0.308 e. The highest BCUT2D eigenvalue weighted by atomic mass is 16.4. The molecule has 16 heavy (non-hydrogen) atoms. The lowest BCUT2D eigenvalue weighted by molar-refractivity contribution is -0.143. The molecule has 1 amide bonds. The van der Waals surface area contributed by atoms with E-state index in [1.54, 1.807) is 4.90 Å². The topological polar surface area (TPSA) is 83.6 Å². The second-order valence-electron chi connectivity index (χ2n) is 4.31. The van der Waals surface area contributed by atoms with Crippen LogP contribution in [0.25, 0.3) is 0 Å². The third kappa shape index (κ3) is 2.95. The summed E-state index contributed by atoms with van der Waals surface area (Å²) in [5.74, 6) is -1.15. The zero-order chi connectivity index (χ0) is 12.1. The van der Waals surface area contributed by atoms with E-state index in [9.17, 15) is 9.59 Å². The fraction of sp³-hybridized carbons (Fsp3) is 0.818. The van der Waals surface area contributed by atoms with Crippen LogP contribution in [-0.2, 0) is 9.59 Å². The Morgan fingerprint density at radius 1 is 1.44 bits per heavy atom. The molecular weight excluding hydrogens is 208 g/mol. The van der Waals surface area contributed by atoms with Crippen LogP contribution in [0.1, 0.15) is 32.6 Å². The second kappa shape index (κ2) is 5.84. The van der Waals surface area contributed by atoms with Crippen LogP contribution in [0.15, 0.2) is 0 Å². The van der Waals surface area contributed by atoms with Gasteiger partial charge in [0.1, 0.15) is 0 Å². The number of nitrogens with two attached hydrogens (primary N) is 1. The molecule has 0 spiro atoms. The summed E-state index contributed by atoms with van der Waals surface area (Å²) in [5.41, 5.74) is 5.35. The largest absolute Gasteiger partial charge is 0.481 e. The van der Waals surface area contributed by atoms with Crippen LogP contribution < -0.4 is 5.73 Å². The molecule has 0 aromatic heterocycles. The van der Waals surface area contributed by atoms with Crippen molar-refractivity contribution in [3.8, 4) is 0 Å². The molecule has 1 aliphatic rings. The number of amides is 1. The highest BCUT2D eigenvalue weighted by molar-refractivity contribution is 5.79. The fourth-order valence-electron chi connectivity index (χ4n) is 2.19. The van der Waals surface area contributed by atoms with E-state index < -0.39 is 11.9 Å². The van der Waals surface area contributed by atoms with Crippen molar-refractivity contribution in [2.75, 3.05) is 13.1 Å². The van der Waals surface area contributed by atoms with E-state index in [0.29, 0.717) is 25.9 Å². The molecule has 2 atom stereocenters. The summed E-state index contributed by atoms with van der Waals surface area (Å²) >= 11 is 0. The van der Waals surface area contributed by atoms with Gasteiger partial charge in [-0.25, -0.2) is 0 Å². The summed E-state index contributed by atoms with van der Waals surface area (Å²) in [4.78, 5) is 24.4. The molecule has 5 nitrogen and oxygen atoms in total. The molecule has 1 saturated heterocycles. The Morgan fingerprint density at radius 3 is 2.62 bits per heavy atom. The molecule has 0 radical (unpaired) electrons. The Hall–Kier alpha value is -1.10. The molecule has 92 valence electrons. The van der Waals surface area contributed by atoms with E-state index in [1.807, 2.05) is 6.92 Å². The molecule has 1 heterocycles. The average Bonchev–Trinajstić information content (AvgIpc) is 2.60. The van der Waals surface area contributed by atoms with E-state index >= 15 is 0 Å². The van der Waals surface area contributed by atoms with Crippen LogP contribution in [0, 0.1) is 5.92 Å². The minimum absolute atomic E-state index is 0.0599. The van der Waals surface area contributed by atoms with Gasteiger partial charge in [-0.05, 0) is 32.7 Å². The van der Waals surface area contributed by atoms with Gasteiger partial charge in [0, 0.05) is 19.0 Å². The molecule has 0 aromatic carbocycles. The van der Waals surface area contributed by atoms with Gasteiger partial charge in [-0.2, -0.15) is 0 Å². The monoisotopic (exact) mass is 228 g/mol. The number of likely N-dealkylation sites (tertiary alicyclic amines) is 1. The summed E-state index contributed by atoms with van der Waals surface area (Å²) in [6.07, 6.45) is 2.68. The van der Waals surface area contributed by atoms with Crippen LogP contribution in [0.3, 0.4) is 0 Å². The second-order valence-corrected chi connectivity index (χ2v) is 4.31. The number of carboxylic acids is 1. The van der Waals surface area contributed by atoms with Crippen molar-refractivity contribution < 1.29 is 14.7 Å². The number of carbonyl (C=O) groups is 2. The number of unbranched alkanes of at least 4 members (excludes halogenated alkanes) is 1. The van der Waals surface area contributed by atoms with E-state index in [-0.39, 0.29) is 11.9 Å². The predicted octanol–water partition coefficient (Wildman–Crippen LogP) is 0.437. The molecule has 0 aromatic rings. The fourth-order valence-corrected chi connectivity index (χ4v) is 2.19. The van der Waals surface area contributed by atoms with E-state index in [0.717, 1.165) is 12.8 Å². The maximum Gasteiger partial charge on any atom is 0.308 e. The Kier molecular flexibility index (Phi) is 4.73. The molecule has 1 rings (SSSR count).